The zero-order valence-corrected chi connectivity index (χ0v) is 15.1. The van der Waals surface area contributed by atoms with Crippen LogP contribution in [0.1, 0.15) is 11.1 Å². The lowest BCUT2D eigenvalue weighted by Gasteiger charge is -2.06. The number of hydrogen-bond acceptors (Lipinski definition) is 2. The molecule has 126 valence electrons. The van der Waals surface area contributed by atoms with Gasteiger partial charge in [0.25, 0.3) is 0 Å². The molecule has 2 rings (SSSR count). The maximum absolute atomic E-state index is 13.6. The van der Waals surface area contributed by atoms with Crippen LogP contribution in [0.15, 0.2) is 48.5 Å². The highest BCUT2D eigenvalue weighted by atomic mass is 35.5. The van der Waals surface area contributed by atoms with Crippen molar-refractivity contribution < 1.29 is 9.18 Å². The van der Waals surface area contributed by atoms with E-state index in [1.807, 2.05) is 18.2 Å². The number of carbonyl (C=O) groups excluding carboxylic acids is 1. The Balaban J connectivity index is 1.71. The lowest BCUT2D eigenvalue weighted by molar-refractivity contribution is -0.116. The summed E-state index contributed by atoms with van der Waals surface area (Å²) in [6, 6.07) is 11.9. The largest absolute Gasteiger partial charge is 0.352 e. The molecule has 2 nitrogen and oxygen atoms in total. The van der Waals surface area contributed by atoms with E-state index in [1.165, 1.54) is 23.9 Å². The molecule has 0 spiro atoms. The Kier molecular flexibility index (Phi) is 7.63. The molecule has 0 fully saturated rings. The highest BCUT2D eigenvalue weighted by Gasteiger charge is 2.06. The Hall–Kier alpha value is -1.49. The molecular formula is C18H16Cl2FNOS. The fourth-order valence-electron chi connectivity index (χ4n) is 1.93. The van der Waals surface area contributed by atoms with Gasteiger partial charge in [0.15, 0.2) is 0 Å². The van der Waals surface area contributed by atoms with E-state index in [1.54, 1.807) is 24.3 Å². The molecule has 0 atom stereocenters. The number of halogens is 3. The van der Waals surface area contributed by atoms with Gasteiger partial charge in [0.05, 0.1) is 0 Å². The van der Waals surface area contributed by atoms with Crippen LogP contribution in [0.2, 0.25) is 10.0 Å². The van der Waals surface area contributed by atoms with Crippen LogP contribution in [0.3, 0.4) is 0 Å². The normalized spacial score (nSPS) is 11.0. The second-order valence-electron chi connectivity index (χ2n) is 4.90. The van der Waals surface area contributed by atoms with Gasteiger partial charge in [-0.3, -0.25) is 4.79 Å². The highest BCUT2D eigenvalue weighted by molar-refractivity contribution is 7.98. The molecule has 0 unspecified atom stereocenters. The number of carbonyl (C=O) groups is 1. The van der Waals surface area contributed by atoms with E-state index in [0.717, 1.165) is 5.56 Å². The van der Waals surface area contributed by atoms with Crippen molar-refractivity contribution in [1.82, 2.24) is 5.32 Å². The maximum atomic E-state index is 13.6. The number of benzene rings is 2. The molecule has 0 bridgehead atoms. The average Bonchev–Trinajstić information content (AvgIpc) is 2.56. The van der Waals surface area contributed by atoms with Crippen LogP contribution in [0.5, 0.6) is 0 Å². The van der Waals surface area contributed by atoms with E-state index in [4.69, 9.17) is 23.2 Å². The summed E-state index contributed by atoms with van der Waals surface area (Å²) in [6.07, 6.45) is 3.11. The first-order valence-corrected chi connectivity index (χ1v) is 9.20. The van der Waals surface area contributed by atoms with Crippen LogP contribution in [0.4, 0.5) is 4.39 Å². The number of rotatable bonds is 7. The first-order valence-electron chi connectivity index (χ1n) is 7.29. The molecule has 24 heavy (non-hydrogen) atoms. The SMILES string of the molecule is O=C(C=Cc1ccccc1Cl)NCCSCc1c(F)cccc1Cl. The standard InChI is InChI=1S/C18H16Cl2FNOS/c19-15-5-2-1-4-13(15)8-9-18(23)22-10-11-24-12-14-16(20)6-3-7-17(14)21/h1-9H,10-12H2,(H,22,23). The minimum atomic E-state index is -0.304. The van der Waals surface area contributed by atoms with Gasteiger partial charge in [0.2, 0.25) is 5.91 Å². The second kappa shape index (κ2) is 9.72. The molecule has 1 N–H and O–H groups in total. The third kappa shape index (κ3) is 5.86. The highest BCUT2D eigenvalue weighted by Crippen LogP contribution is 2.23. The molecule has 2 aromatic rings. The zero-order chi connectivity index (χ0) is 17.4. The van der Waals surface area contributed by atoms with E-state index >= 15 is 0 Å². The van der Waals surface area contributed by atoms with Crippen molar-refractivity contribution in [1.29, 1.82) is 0 Å². The summed E-state index contributed by atoms with van der Waals surface area (Å²) in [6.45, 7) is 0.489. The first-order chi connectivity index (χ1) is 11.6. The third-order valence-corrected chi connectivity index (χ3v) is 4.86. The monoisotopic (exact) mass is 383 g/mol. The fourth-order valence-corrected chi connectivity index (χ4v) is 3.32. The van der Waals surface area contributed by atoms with Gasteiger partial charge in [-0.15, -0.1) is 0 Å². The van der Waals surface area contributed by atoms with E-state index in [2.05, 4.69) is 5.32 Å². The molecular weight excluding hydrogens is 368 g/mol. The van der Waals surface area contributed by atoms with E-state index in [-0.39, 0.29) is 11.7 Å². The predicted octanol–water partition coefficient (Wildman–Crippen LogP) is 5.20. The maximum Gasteiger partial charge on any atom is 0.244 e. The Morgan fingerprint density at radius 2 is 1.88 bits per heavy atom. The number of thioether (sulfide) groups is 1. The molecule has 0 aliphatic carbocycles. The quantitative estimate of drug-likeness (QED) is 0.526. The summed E-state index contributed by atoms with van der Waals surface area (Å²) < 4.78 is 13.6. The van der Waals surface area contributed by atoms with Crippen molar-refractivity contribution >= 4 is 46.9 Å². The smallest absolute Gasteiger partial charge is 0.244 e. The second-order valence-corrected chi connectivity index (χ2v) is 6.82. The number of amides is 1. The van der Waals surface area contributed by atoms with Gasteiger partial charge in [-0.25, -0.2) is 4.39 Å². The molecule has 0 saturated carbocycles. The molecule has 0 aliphatic rings. The van der Waals surface area contributed by atoms with Crippen molar-refractivity contribution in [2.24, 2.45) is 0 Å². The van der Waals surface area contributed by atoms with Crippen molar-refractivity contribution in [3.63, 3.8) is 0 Å². The summed E-state index contributed by atoms with van der Waals surface area (Å²) in [7, 11) is 0. The van der Waals surface area contributed by atoms with Gasteiger partial charge >= 0.3 is 0 Å². The van der Waals surface area contributed by atoms with Gasteiger partial charge in [-0.2, -0.15) is 11.8 Å². The summed E-state index contributed by atoms with van der Waals surface area (Å²) >= 11 is 13.5. The van der Waals surface area contributed by atoms with Crippen molar-refractivity contribution in [2.75, 3.05) is 12.3 Å². The van der Waals surface area contributed by atoms with E-state index < -0.39 is 0 Å². The Labute approximate surface area is 155 Å². The molecule has 0 aromatic heterocycles. The molecule has 6 heteroatoms. The van der Waals surface area contributed by atoms with Crippen LogP contribution in [0.25, 0.3) is 6.08 Å². The van der Waals surface area contributed by atoms with Gasteiger partial charge < -0.3 is 5.32 Å². The van der Waals surface area contributed by atoms with Gasteiger partial charge in [0.1, 0.15) is 5.82 Å². The Morgan fingerprint density at radius 3 is 2.62 bits per heavy atom. The van der Waals surface area contributed by atoms with Crippen LogP contribution < -0.4 is 5.32 Å². The first kappa shape index (κ1) is 18.8. The Morgan fingerprint density at radius 1 is 1.12 bits per heavy atom. The van der Waals surface area contributed by atoms with Crippen LogP contribution >= 0.6 is 35.0 Å². The lowest BCUT2D eigenvalue weighted by atomic mass is 10.2. The van der Waals surface area contributed by atoms with Crippen LogP contribution in [0, 0.1) is 5.82 Å². The molecule has 0 heterocycles. The van der Waals surface area contributed by atoms with E-state index in [0.29, 0.717) is 33.7 Å². The number of hydrogen-bond donors (Lipinski definition) is 1. The van der Waals surface area contributed by atoms with Crippen LogP contribution in [-0.4, -0.2) is 18.2 Å². The lowest BCUT2D eigenvalue weighted by Crippen LogP contribution is -2.23. The average molecular weight is 384 g/mol. The molecule has 1 amide bonds. The Bertz CT molecular complexity index is 716. The summed E-state index contributed by atoms with van der Waals surface area (Å²) in [4.78, 5) is 11.7. The van der Waals surface area contributed by atoms with Crippen molar-refractivity contribution in [3.8, 4) is 0 Å². The van der Waals surface area contributed by atoms with Crippen LogP contribution in [-0.2, 0) is 10.5 Å². The minimum absolute atomic E-state index is 0.195. The predicted molar refractivity (Wildman–Crippen MR) is 101 cm³/mol. The molecule has 0 radical (unpaired) electrons. The van der Waals surface area contributed by atoms with Gasteiger partial charge in [-0.1, -0.05) is 47.5 Å². The fraction of sp³-hybridized carbons (Fsp3) is 0.167. The van der Waals surface area contributed by atoms with Crippen molar-refractivity contribution in [2.45, 2.75) is 5.75 Å². The summed E-state index contributed by atoms with van der Waals surface area (Å²) in [5.74, 6) is 0.633. The molecule has 0 saturated heterocycles. The van der Waals surface area contributed by atoms with E-state index in [9.17, 15) is 9.18 Å². The van der Waals surface area contributed by atoms with Gasteiger partial charge in [-0.05, 0) is 29.8 Å². The topological polar surface area (TPSA) is 29.1 Å². The minimum Gasteiger partial charge on any atom is -0.352 e. The number of nitrogens with one attached hydrogen (secondary N) is 1. The molecule has 2 aromatic carbocycles. The molecule has 0 aliphatic heterocycles. The summed E-state index contributed by atoms with van der Waals surface area (Å²) in [5, 5.41) is 3.79. The zero-order valence-electron chi connectivity index (χ0n) is 12.8. The summed E-state index contributed by atoms with van der Waals surface area (Å²) in [5.41, 5.74) is 1.28. The third-order valence-electron chi connectivity index (χ3n) is 3.17. The van der Waals surface area contributed by atoms with Crippen molar-refractivity contribution in [3.05, 3.63) is 75.5 Å². The van der Waals surface area contributed by atoms with Gasteiger partial charge in [0, 0.05) is 39.7 Å².